The molecule has 0 bridgehead atoms. The Morgan fingerprint density at radius 1 is 0.460 bits per heavy atom. The molecule has 258 valence electrons. The van der Waals surface area contributed by atoms with E-state index in [9.17, 15) is 9.59 Å². The average Bonchev–Trinajstić information content (AvgIpc) is 3.92. The van der Waals surface area contributed by atoms with Crippen molar-refractivity contribution in [3.05, 3.63) is 56.8 Å². The third-order valence-corrected chi connectivity index (χ3v) is 11.2. The van der Waals surface area contributed by atoms with Gasteiger partial charge in [-0.05, 0) is 0 Å². The maximum absolute atomic E-state index is 9.43. The van der Waals surface area contributed by atoms with Crippen molar-refractivity contribution >= 4 is 223 Å². The average molecular weight is 1280 g/mol. The summed E-state index contributed by atoms with van der Waals surface area (Å²) in [4.78, 5) is 21.8. The van der Waals surface area contributed by atoms with Gasteiger partial charge in [0, 0.05) is 28.2 Å². The first-order chi connectivity index (χ1) is 22.9. The minimum atomic E-state index is -0.490. The van der Waals surface area contributed by atoms with E-state index >= 15 is 0 Å². The number of carbonyl (C=O) groups is 2. The molecule has 6 rings (SSSR count). The molecule has 0 N–H and O–H groups in total. The standard InChI is InChI=1S/2C6H3BN6S6.2C3H7NO.2Tl/c2*14-4-11(8-1-17-4)7(12-5(15)18-2-9-12)13-6(16)19-3-10-13;2*1-4(2)3-5;;/h2*1-3H;2*3H,1-2H3;;/q2*-1;;;2*+1. The number of carbonyl (C=O) groups excluding carboxylic acids is 2. The predicted molar refractivity (Wildman–Crippen MR) is 221 cm³/mol. The van der Waals surface area contributed by atoms with Gasteiger partial charge in [0.1, 0.15) is 23.7 Å². The van der Waals surface area contributed by atoms with E-state index in [2.05, 4.69) is 30.6 Å². The summed E-state index contributed by atoms with van der Waals surface area (Å²) in [6.07, 6.45) is 1.50. The van der Waals surface area contributed by atoms with Crippen LogP contribution in [-0.2, 0) is 9.59 Å². The second-order valence-corrected chi connectivity index (χ2v) is 17.4. The number of nitrogens with zero attached hydrogens (tertiary/aromatic N) is 14. The molecular formula is C18H20B2N14O2S12Tl2. The van der Waals surface area contributed by atoms with E-state index in [4.69, 9.17) is 73.3 Å². The Kier molecular flexibility index (Phi) is 22.9. The van der Waals surface area contributed by atoms with Crippen LogP contribution in [0, 0.1) is 23.7 Å². The third-order valence-electron chi connectivity index (χ3n) is 4.81. The molecule has 0 aromatic carbocycles. The van der Waals surface area contributed by atoms with Crippen LogP contribution in [-0.4, -0.2) is 178 Å². The van der Waals surface area contributed by atoms with Crippen molar-refractivity contribution in [2.45, 2.75) is 0 Å². The van der Waals surface area contributed by atoms with E-state index in [1.807, 2.05) is 0 Å². The van der Waals surface area contributed by atoms with Crippen molar-refractivity contribution in [1.29, 1.82) is 0 Å². The van der Waals surface area contributed by atoms with Gasteiger partial charge in [0.05, 0.1) is 33.1 Å². The Morgan fingerprint density at radius 2 is 0.600 bits per heavy atom. The van der Waals surface area contributed by atoms with Gasteiger partial charge in [-0.3, -0.25) is 9.59 Å². The van der Waals surface area contributed by atoms with Gasteiger partial charge in [-0.1, -0.05) is 141 Å². The Balaban J connectivity index is 0.000000383. The first-order valence-corrected chi connectivity index (χ1v) is 20.0. The Labute approximate surface area is 380 Å². The van der Waals surface area contributed by atoms with Crippen LogP contribution in [0.1, 0.15) is 0 Å². The Hall–Kier alpha value is -0.406. The molecule has 0 fully saturated rings. The fourth-order valence-corrected chi connectivity index (χ4v) is 7.42. The summed E-state index contributed by atoms with van der Waals surface area (Å²) in [5.74, 6) is 0. The van der Waals surface area contributed by atoms with Crippen LogP contribution in [0.25, 0.3) is 0 Å². The maximum atomic E-state index is 9.43. The molecule has 0 saturated carbocycles. The smallest absolute Gasteiger partial charge is 0.401 e. The summed E-state index contributed by atoms with van der Waals surface area (Å²) < 4.78 is 13.4. The quantitative estimate of drug-likeness (QED) is 0.124. The van der Waals surface area contributed by atoms with Gasteiger partial charge < -0.3 is 37.4 Å². The number of rotatable bonds is 8. The molecule has 0 spiro atoms. The van der Waals surface area contributed by atoms with E-state index in [1.165, 1.54) is 77.8 Å². The molecule has 0 atom stereocenters. The molecule has 0 aliphatic carbocycles. The topological polar surface area (TPSA) is 148 Å². The van der Waals surface area contributed by atoms with Crippen LogP contribution in [0.3, 0.4) is 0 Å². The summed E-state index contributed by atoms with van der Waals surface area (Å²) in [5.41, 5.74) is 10.0. The van der Waals surface area contributed by atoms with E-state index < -0.39 is 14.2 Å². The molecule has 6 aromatic rings. The summed E-state index contributed by atoms with van der Waals surface area (Å²) in [5, 5.41) is 25.4. The van der Waals surface area contributed by atoms with Gasteiger partial charge in [0.2, 0.25) is 12.8 Å². The zero-order valence-electron chi connectivity index (χ0n) is 25.9. The number of amides is 2. The maximum Gasteiger partial charge on any atom is 1.00 e. The van der Waals surface area contributed by atoms with Crippen LogP contribution >= 0.6 is 141 Å². The number of hydrogen-bond donors (Lipinski definition) is 0. The Bertz CT molecular complexity index is 1870. The van der Waals surface area contributed by atoms with Gasteiger partial charge in [-0.2, -0.15) is 0 Å². The zero-order chi connectivity index (χ0) is 35.4. The molecule has 16 nitrogen and oxygen atoms in total. The molecular weight excluding hydrogens is 1260 g/mol. The molecule has 0 aliphatic heterocycles. The fourth-order valence-electron chi connectivity index (χ4n) is 2.87. The van der Waals surface area contributed by atoms with Gasteiger partial charge in [-0.25, -0.2) is 30.6 Å². The summed E-state index contributed by atoms with van der Waals surface area (Å²) >= 11 is 39.8. The third kappa shape index (κ3) is 13.5. The van der Waals surface area contributed by atoms with Crippen LogP contribution in [0.15, 0.2) is 33.1 Å². The van der Waals surface area contributed by atoms with E-state index in [0.717, 1.165) is 12.8 Å². The van der Waals surface area contributed by atoms with Crippen molar-refractivity contribution < 1.29 is 9.59 Å². The molecule has 0 aliphatic rings. The van der Waals surface area contributed by atoms with Crippen LogP contribution in [0.2, 0.25) is 0 Å². The Morgan fingerprint density at radius 3 is 0.680 bits per heavy atom. The fraction of sp³-hybridized carbons (Fsp3) is 0.222. The first-order valence-electron chi connectivity index (χ1n) is 12.3. The molecule has 0 unspecified atom stereocenters. The first kappa shape index (κ1) is 47.6. The second kappa shape index (κ2) is 24.1. The van der Waals surface area contributed by atoms with Gasteiger partial charge >= 0.3 is 54.6 Å². The van der Waals surface area contributed by atoms with Crippen LogP contribution < -0.4 is 0 Å². The molecule has 0 saturated heterocycles. The molecule has 50 heavy (non-hydrogen) atoms. The summed E-state index contributed by atoms with van der Waals surface area (Å²) in [6, 6.07) is 0. The normalized spacial score (nSPS) is 9.88. The van der Waals surface area contributed by atoms with Crippen LogP contribution in [0.4, 0.5) is 0 Å². The van der Waals surface area contributed by atoms with Crippen molar-refractivity contribution in [3.63, 3.8) is 0 Å². The van der Waals surface area contributed by atoms with Crippen molar-refractivity contribution in [2.24, 2.45) is 0 Å². The molecule has 32 heteroatoms. The minimum Gasteiger partial charge on any atom is -0.401 e. The van der Waals surface area contributed by atoms with Crippen molar-refractivity contribution in [3.8, 4) is 0 Å². The number of aromatic nitrogens is 12. The van der Waals surface area contributed by atoms with Gasteiger partial charge in [0.15, 0.2) is 0 Å². The van der Waals surface area contributed by atoms with Crippen LogP contribution in [0.5, 0.6) is 0 Å². The zero-order valence-corrected chi connectivity index (χ0v) is 44.7. The van der Waals surface area contributed by atoms with Crippen molar-refractivity contribution in [1.82, 2.24) is 67.9 Å². The van der Waals surface area contributed by atoms with E-state index in [-0.39, 0.29) is 54.6 Å². The predicted octanol–water partition coefficient (Wildman–Crippen LogP) is 3.80. The minimum absolute atomic E-state index is 0. The summed E-state index contributed by atoms with van der Waals surface area (Å²) in [7, 11) is 5.77. The largest absolute Gasteiger partial charge is 1.00 e. The monoisotopic (exact) mass is 1280 g/mol. The van der Waals surface area contributed by atoms with Gasteiger partial charge in [-0.15, -0.1) is 0 Å². The SMILES string of the molecule is CN(C)C=O.CN(C)C=O.S=c1scnn1[B-](n1ncsc1=S)n1ncsc1=S.S=c1scnn1[B-](n1ncsc1=S)n1ncsc1=S.[Tl+].[Tl+]. The van der Waals surface area contributed by atoms with E-state index in [0.29, 0.717) is 23.7 Å². The molecule has 6 aromatic heterocycles. The summed E-state index contributed by atoms with van der Waals surface area (Å²) in [6.45, 7) is 0. The number of hydrogen-bond acceptors (Lipinski definition) is 20. The second-order valence-electron chi connectivity index (χ2n) is 8.53. The molecule has 2 radical (unpaired) electrons. The molecule has 6 heterocycles. The van der Waals surface area contributed by atoms with Gasteiger partial charge in [0.25, 0.3) is 14.2 Å². The van der Waals surface area contributed by atoms with Crippen molar-refractivity contribution in [2.75, 3.05) is 28.2 Å². The van der Waals surface area contributed by atoms with E-state index in [1.54, 1.807) is 88.8 Å². The molecule has 2 amide bonds.